The van der Waals surface area contributed by atoms with E-state index in [9.17, 15) is 0 Å². The van der Waals surface area contributed by atoms with Gasteiger partial charge in [-0.2, -0.15) is 5.26 Å². The summed E-state index contributed by atoms with van der Waals surface area (Å²) in [6, 6.07) is 19.4. The van der Waals surface area contributed by atoms with Crippen LogP contribution in [0.2, 0.25) is 0 Å². The number of fused-ring (bicyclic) bond motifs is 1. The number of nitrogens with zero attached hydrogens (tertiary/aromatic N) is 2. The molecular weight excluding hydrogens is 471 g/mol. The van der Waals surface area contributed by atoms with Gasteiger partial charge in [0.25, 0.3) is 0 Å². The highest BCUT2D eigenvalue weighted by Gasteiger charge is 2.52. The van der Waals surface area contributed by atoms with Crippen molar-refractivity contribution in [2.45, 2.75) is 65.1 Å². The molecular formula is C32H39BN2O3. The maximum Gasteiger partial charge on any atom is 0.491 e. The largest absolute Gasteiger partial charge is 0.492 e. The van der Waals surface area contributed by atoms with E-state index >= 15 is 0 Å². The van der Waals surface area contributed by atoms with Crippen LogP contribution in [0.3, 0.4) is 0 Å². The van der Waals surface area contributed by atoms with E-state index in [1.165, 1.54) is 27.7 Å². The fourth-order valence-electron chi connectivity index (χ4n) is 5.59. The summed E-state index contributed by atoms with van der Waals surface area (Å²) in [6.45, 7) is 14.2. The molecule has 2 aromatic carbocycles. The summed E-state index contributed by atoms with van der Waals surface area (Å²) in [4.78, 5) is 2.35. The Labute approximate surface area is 228 Å². The molecule has 3 aliphatic rings. The summed E-state index contributed by atoms with van der Waals surface area (Å²) >= 11 is 0. The Kier molecular flexibility index (Phi) is 7.55. The van der Waals surface area contributed by atoms with E-state index in [1.807, 2.05) is 0 Å². The third-order valence-corrected chi connectivity index (χ3v) is 8.56. The first-order chi connectivity index (χ1) is 18.2. The summed E-state index contributed by atoms with van der Waals surface area (Å²) in [5.74, 6) is 1.40. The highest BCUT2D eigenvalue weighted by Crippen LogP contribution is 2.43. The van der Waals surface area contributed by atoms with E-state index in [1.54, 1.807) is 0 Å². The van der Waals surface area contributed by atoms with Crippen molar-refractivity contribution in [3.63, 3.8) is 0 Å². The number of ether oxygens (including phenoxy) is 1. The Morgan fingerprint density at radius 1 is 1.05 bits per heavy atom. The van der Waals surface area contributed by atoms with Gasteiger partial charge in [-0.3, -0.25) is 4.90 Å². The number of benzene rings is 2. The van der Waals surface area contributed by atoms with E-state index in [-0.39, 0.29) is 18.3 Å². The number of hydrogen-bond acceptors (Lipinski definition) is 5. The van der Waals surface area contributed by atoms with Crippen molar-refractivity contribution >= 4 is 18.8 Å². The molecule has 5 rings (SSSR count). The van der Waals surface area contributed by atoms with Crippen LogP contribution < -0.4 is 4.74 Å². The Hall–Kier alpha value is -2.85. The van der Waals surface area contributed by atoms with Crippen LogP contribution in [0, 0.1) is 17.2 Å². The Balaban J connectivity index is 1.38. The molecule has 0 amide bonds. The molecule has 0 spiro atoms. The van der Waals surface area contributed by atoms with Gasteiger partial charge in [-0.1, -0.05) is 49.4 Å². The van der Waals surface area contributed by atoms with Gasteiger partial charge in [0, 0.05) is 26.1 Å². The van der Waals surface area contributed by atoms with Gasteiger partial charge < -0.3 is 14.0 Å². The van der Waals surface area contributed by atoms with Crippen LogP contribution in [-0.4, -0.2) is 49.5 Å². The second kappa shape index (κ2) is 10.7. The van der Waals surface area contributed by atoms with E-state index in [0.29, 0.717) is 18.9 Å². The molecule has 5 nitrogen and oxygen atoms in total. The SMILES string of the molecule is CC/C(B1OC(C)(C)C(C)(C)O1)=C(\C1=Cc2ccccc2C1)c1ccc(OCCN2CC(CC#N)C2)cc1. The zero-order valence-electron chi connectivity index (χ0n) is 23.4. The first-order valence-corrected chi connectivity index (χ1v) is 13.9. The molecule has 0 saturated carbocycles. The highest BCUT2D eigenvalue weighted by atomic mass is 16.7. The standard InChI is InChI=1S/C32H39BN2O3/c1-6-29(33-37-31(2,3)32(4,5)38-33)30(27-19-25-9-7-8-10-26(25)20-27)24-11-13-28(14-12-24)36-18-17-35-21-23(22-35)15-16-34/h7-14,19,23H,6,15,17-18,20-22H2,1-5H3/b30-29+. The minimum absolute atomic E-state index is 0.387. The Bertz CT molecular complexity index is 1250. The van der Waals surface area contributed by atoms with Gasteiger partial charge in [-0.15, -0.1) is 0 Å². The molecule has 0 atom stereocenters. The van der Waals surface area contributed by atoms with Gasteiger partial charge >= 0.3 is 7.12 Å². The van der Waals surface area contributed by atoms with Crippen LogP contribution in [0.25, 0.3) is 11.6 Å². The average Bonchev–Trinajstić information content (AvgIpc) is 3.38. The Morgan fingerprint density at radius 2 is 1.74 bits per heavy atom. The minimum atomic E-state index is -0.390. The molecule has 0 N–H and O–H groups in total. The van der Waals surface area contributed by atoms with Gasteiger partial charge in [0.2, 0.25) is 0 Å². The lowest BCUT2D eigenvalue weighted by molar-refractivity contribution is 0.00578. The van der Waals surface area contributed by atoms with Crippen LogP contribution in [0.1, 0.15) is 64.2 Å². The number of likely N-dealkylation sites (tertiary alicyclic amines) is 1. The van der Waals surface area contributed by atoms with Crippen LogP contribution in [-0.2, 0) is 15.7 Å². The summed E-state index contributed by atoms with van der Waals surface area (Å²) in [7, 11) is -0.387. The normalized spacial score (nSPS) is 20.8. The predicted molar refractivity (Wildman–Crippen MR) is 154 cm³/mol. The summed E-state index contributed by atoms with van der Waals surface area (Å²) in [5, 5.41) is 8.83. The molecule has 38 heavy (non-hydrogen) atoms. The predicted octanol–water partition coefficient (Wildman–Crippen LogP) is 6.35. The maximum atomic E-state index is 8.83. The number of hydrogen-bond donors (Lipinski definition) is 0. The van der Waals surface area contributed by atoms with Crippen molar-refractivity contribution in [3.8, 4) is 11.8 Å². The summed E-state index contributed by atoms with van der Waals surface area (Å²) in [6.07, 6.45) is 4.71. The monoisotopic (exact) mass is 510 g/mol. The fraction of sp³-hybridized carbons (Fsp3) is 0.469. The lowest BCUT2D eigenvalue weighted by Crippen LogP contribution is -2.47. The molecule has 198 valence electrons. The lowest BCUT2D eigenvalue weighted by Gasteiger charge is -2.37. The molecule has 6 heteroatoms. The van der Waals surface area contributed by atoms with E-state index in [2.05, 4.69) is 100 Å². The second-order valence-electron chi connectivity index (χ2n) is 11.7. The zero-order chi connectivity index (χ0) is 26.9. The van der Waals surface area contributed by atoms with Crippen molar-refractivity contribution < 1.29 is 14.0 Å². The summed E-state index contributed by atoms with van der Waals surface area (Å²) in [5.41, 5.74) is 6.72. The third kappa shape index (κ3) is 5.34. The van der Waals surface area contributed by atoms with Crippen molar-refractivity contribution in [1.29, 1.82) is 5.26 Å². The molecule has 2 saturated heterocycles. The second-order valence-corrected chi connectivity index (χ2v) is 11.7. The average molecular weight is 510 g/mol. The molecule has 1 aliphatic carbocycles. The fourth-order valence-corrected chi connectivity index (χ4v) is 5.59. The molecule has 0 radical (unpaired) electrons. The minimum Gasteiger partial charge on any atom is -0.492 e. The summed E-state index contributed by atoms with van der Waals surface area (Å²) < 4.78 is 19.2. The zero-order valence-corrected chi connectivity index (χ0v) is 23.4. The first kappa shape index (κ1) is 26.7. The third-order valence-electron chi connectivity index (χ3n) is 8.56. The molecule has 2 fully saturated rings. The molecule has 2 heterocycles. The van der Waals surface area contributed by atoms with Crippen LogP contribution in [0.15, 0.2) is 59.6 Å². The topological polar surface area (TPSA) is 54.7 Å². The van der Waals surface area contributed by atoms with Crippen molar-refractivity contribution in [3.05, 3.63) is 76.3 Å². The number of rotatable bonds is 9. The number of nitriles is 1. The quantitative estimate of drug-likeness (QED) is 0.368. The molecule has 0 unspecified atom stereocenters. The molecule has 0 aromatic heterocycles. The van der Waals surface area contributed by atoms with Crippen LogP contribution in [0.4, 0.5) is 0 Å². The van der Waals surface area contributed by atoms with Crippen LogP contribution >= 0.6 is 0 Å². The van der Waals surface area contributed by atoms with Crippen LogP contribution in [0.5, 0.6) is 5.75 Å². The van der Waals surface area contributed by atoms with Gasteiger partial charge in [0.1, 0.15) is 12.4 Å². The van der Waals surface area contributed by atoms with Gasteiger partial charge in [0.05, 0.1) is 17.3 Å². The first-order valence-electron chi connectivity index (χ1n) is 13.9. The molecule has 2 aliphatic heterocycles. The van der Waals surface area contributed by atoms with Crippen molar-refractivity contribution in [2.24, 2.45) is 5.92 Å². The lowest BCUT2D eigenvalue weighted by atomic mass is 9.70. The van der Waals surface area contributed by atoms with E-state index in [0.717, 1.165) is 43.8 Å². The van der Waals surface area contributed by atoms with Gasteiger partial charge in [-0.25, -0.2) is 0 Å². The Morgan fingerprint density at radius 3 is 2.37 bits per heavy atom. The molecule has 2 aromatic rings. The van der Waals surface area contributed by atoms with Crippen molar-refractivity contribution in [2.75, 3.05) is 26.2 Å². The molecule has 0 bridgehead atoms. The van der Waals surface area contributed by atoms with Gasteiger partial charge in [0.15, 0.2) is 0 Å². The van der Waals surface area contributed by atoms with Gasteiger partial charge in [-0.05, 0) is 91.9 Å². The number of allylic oxidation sites excluding steroid dienone is 3. The van der Waals surface area contributed by atoms with E-state index in [4.69, 9.17) is 19.3 Å². The van der Waals surface area contributed by atoms with E-state index < -0.39 is 0 Å². The highest BCUT2D eigenvalue weighted by molar-refractivity contribution is 6.56. The smallest absolute Gasteiger partial charge is 0.491 e. The van der Waals surface area contributed by atoms with Crippen molar-refractivity contribution in [1.82, 2.24) is 4.90 Å². The maximum absolute atomic E-state index is 8.83.